The van der Waals surface area contributed by atoms with Gasteiger partial charge in [-0.05, 0) is 92.5 Å². The van der Waals surface area contributed by atoms with Crippen LogP contribution in [0, 0.1) is 18.7 Å². The normalized spacial score (nSPS) is 22.5. The molecule has 3 aromatic rings. The number of alkyl halides is 3. The van der Waals surface area contributed by atoms with Gasteiger partial charge in [-0.1, -0.05) is 43.2 Å². The fraction of sp³-hybridized carbons (Fsp3) is 0.412. The number of benzene rings is 3. The molecule has 0 bridgehead atoms. The Kier molecular flexibility index (Phi) is 7.92. The van der Waals surface area contributed by atoms with E-state index in [1.807, 2.05) is 24.3 Å². The van der Waals surface area contributed by atoms with Gasteiger partial charge in [0.15, 0.2) is 0 Å². The number of nitrogens with zero attached hydrogens (tertiary/aromatic N) is 1. The zero-order valence-corrected chi connectivity index (χ0v) is 24.0. The Morgan fingerprint density at radius 2 is 1.63 bits per heavy atom. The minimum absolute atomic E-state index is 0.0314. The van der Waals surface area contributed by atoms with Gasteiger partial charge in [0.05, 0.1) is 23.1 Å². The molecule has 3 unspecified atom stereocenters. The van der Waals surface area contributed by atoms with Crippen LogP contribution in [0.4, 0.5) is 28.9 Å². The van der Waals surface area contributed by atoms with Crippen molar-refractivity contribution in [1.29, 1.82) is 0 Å². The van der Waals surface area contributed by atoms with E-state index in [2.05, 4.69) is 10.6 Å². The van der Waals surface area contributed by atoms with E-state index in [-0.39, 0.29) is 22.9 Å². The molecule has 1 saturated carbocycles. The highest BCUT2D eigenvalue weighted by molar-refractivity contribution is 5.98. The predicted molar refractivity (Wildman–Crippen MR) is 157 cm³/mol. The highest BCUT2D eigenvalue weighted by Gasteiger charge is 2.46. The van der Waals surface area contributed by atoms with Gasteiger partial charge in [-0.2, -0.15) is 13.2 Å². The molecular formula is C34H35F4N3O2. The van der Waals surface area contributed by atoms with Crippen LogP contribution in [0.2, 0.25) is 0 Å². The van der Waals surface area contributed by atoms with Gasteiger partial charge in [-0.15, -0.1) is 0 Å². The van der Waals surface area contributed by atoms with Crippen molar-refractivity contribution >= 4 is 23.2 Å². The largest absolute Gasteiger partial charge is 0.416 e. The second-order valence-electron chi connectivity index (χ2n) is 12.1. The van der Waals surface area contributed by atoms with Gasteiger partial charge in [-0.25, -0.2) is 4.39 Å². The lowest BCUT2D eigenvalue weighted by atomic mass is 9.80. The third kappa shape index (κ3) is 5.86. The van der Waals surface area contributed by atoms with E-state index in [0.29, 0.717) is 37.3 Å². The number of rotatable bonds is 5. The van der Waals surface area contributed by atoms with Crippen LogP contribution in [-0.4, -0.2) is 28.8 Å². The molecule has 3 atom stereocenters. The molecule has 2 fully saturated rings. The van der Waals surface area contributed by atoms with Gasteiger partial charge < -0.3 is 15.5 Å². The van der Waals surface area contributed by atoms with Crippen molar-refractivity contribution < 1.29 is 27.2 Å². The average molecular weight is 594 g/mol. The SMILES string of the molecule is Cc1ccc(NC(=O)C2CCC3CCc4cccc(F)c4C(=O)N3C2c2ccc(NC3CCCC3)cc2)cc1C(F)(F)F. The second kappa shape index (κ2) is 11.7. The second-order valence-corrected chi connectivity index (χ2v) is 12.1. The molecule has 2 amide bonds. The van der Waals surface area contributed by atoms with Gasteiger partial charge >= 0.3 is 6.18 Å². The Labute approximate surface area is 248 Å². The lowest BCUT2D eigenvalue weighted by molar-refractivity contribution is -0.138. The van der Waals surface area contributed by atoms with Crippen molar-refractivity contribution in [3.63, 3.8) is 0 Å². The van der Waals surface area contributed by atoms with Crippen LogP contribution < -0.4 is 10.6 Å². The van der Waals surface area contributed by atoms with Gasteiger partial charge in [0.25, 0.3) is 5.91 Å². The number of amides is 2. The Bertz CT molecular complexity index is 1520. The number of halogens is 4. The lowest BCUT2D eigenvalue weighted by Crippen LogP contribution is -2.51. The Hall–Kier alpha value is -3.88. The third-order valence-corrected chi connectivity index (χ3v) is 9.31. The smallest absolute Gasteiger partial charge is 0.382 e. The van der Waals surface area contributed by atoms with E-state index in [1.165, 1.54) is 38.0 Å². The van der Waals surface area contributed by atoms with Crippen molar-refractivity contribution in [3.05, 3.63) is 94.3 Å². The summed E-state index contributed by atoms with van der Waals surface area (Å²) in [6.07, 6.45) is 2.16. The minimum atomic E-state index is -4.56. The highest BCUT2D eigenvalue weighted by Crippen LogP contribution is 2.44. The molecular weight excluding hydrogens is 558 g/mol. The maximum atomic E-state index is 15.1. The molecule has 3 aromatic carbocycles. The van der Waals surface area contributed by atoms with E-state index in [0.717, 1.165) is 30.2 Å². The quantitative estimate of drug-likeness (QED) is 0.294. The summed E-state index contributed by atoms with van der Waals surface area (Å²) in [7, 11) is 0. The Balaban J connectivity index is 1.36. The first-order valence-electron chi connectivity index (χ1n) is 15.1. The monoisotopic (exact) mass is 593 g/mol. The zero-order valence-electron chi connectivity index (χ0n) is 24.0. The van der Waals surface area contributed by atoms with Gasteiger partial charge in [-0.3, -0.25) is 9.59 Å². The summed E-state index contributed by atoms with van der Waals surface area (Å²) in [5.41, 5.74) is 1.64. The first-order valence-corrected chi connectivity index (χ1v) is 15.1. The van der Waals surface area contributed by atoms with Crippen LogP contribution in [0.25, 0.3) is 0 Å². The minimum Gasteiger partial charge on any atom is -0.382 e. The number of hydrogen-bond donors (Lipinski definition) is 2. The van der Waals surface area contributed by atoms with E-state index in [9.17, 15) is 22.8 Å². The summed E-state index contributed by atoms with van der Waals surface area (Å²) in [6.45, 7) is 1.37. The number of aryl methyl sites for hydroxylation is 2. The number of carbonyl (C=O) groups excluding carboxylic acids is 2. The van der Waals surface area contributed by atoms with E-state index in [4.69, 9.17) is 0 Å². The molecule has 0 spiro atoms. The molecule has 3 aliphatic rings. The highest BCUT2D eigenvalue weighted by atomic mass is 19.4. The molecule has 226 valence electrons. The molecule has 43 heavy (non-hydrogen) atoms. The van der Waals surface area contributed by atoms with Crippen LogP contribution in [0.1, 0.15) is 83.6 Å². The first kappa shape index (κ1) is 29.2. The number of nitrogens with one attached hydrogen (secondary N) is 2. The van der Waals surface area contributed by atoms with Crippen LogP contribution in [-0.2, 0) is 17.4 Å². The van der Waals surface area contributed by atoms with Crippen molar-refractivity contribution in [3.8, 4) is 0 Å². The molecule has 9 heteroatoms. The third-order valence-electron chi connectivity index (χ3n) is 9.31. The van der Waals surface area contributed by atoms with Crippen LogP contribution in [0.3, 0.4) is 0 Å². The summed E-state index contributed by atoms with van der Waals surface area (Å²) in [5.74, 6) is -2.28. The predicted octanol–water partition coefficient (Wildman–Crippen LogP) is 8.05. The summed E-state index contributed by atoms with van der Waals surface area (Å²) in [6, 6.07) is 15.6. The number of fused-ring (bicyclic) bond motifs is 2. The zero-order chi connectivity index (χ0) is 30.3. The maximum absolute atomic E-state index is 15.1. The van der Waals surface area contributed by atoms with Crippen molar-refractivity contribution in [2.45, 2.75) is 82.6 Å². The van der Waals surface area contributed by atoms with Crippen LogP contribution in [0.15, 0.2) is 60.7 Å². The molecule has 2 heterocycles. The molecule has 1 aliphatic carbocycles. The molecule has 2 N–H and O–H groups in total. The molecule has 0 radical (unpaired) electrons. The van der Waals surface area contributed by atoms with Crippen molar-refractivity contribution in [1.82, 2.24) is 4.90 Å². The van der Waals surface area contributed by atoms with Gasteiger partial charge in [0.2, 0.25) is 5.91 Å². The first-order chi connectivity index (χ1) is 20.6. The Morgan fingerprint density at radius 1 is 0.907 bits per heavy atom. The fourth-order valence-electron chi connectivity index (χ4n) is 7.12. The summed E-state index contributed by atoms with van der Waals surface area (Å²) in [5, 5.41) is 6.26. The molecule has 1 saturated heterocycles. The van der Waals surface area contributed by atoms with Gasteiger partial charge in [0.1, 0.15) is 5.82 Å². The number of carbonyl (C=O) groups is 2. The standard InChI is InChI=1S/C34H35F4N3O2/c1-20-9-13-25(19-28(20)34(36,37)38)40-32(42)27-18-17-26-16-12-21-5-4-8-29(35)30(21)33(43)41(26)31(27)22-10-14-24(15-11-22)39-23-6-2-3-7-23/h4-5,8-11,13-15,19,23,26-27,31,39H,2-3,6-7,12,16-18H2,1H3,(H,40,42). The summed E-state index contributed by atoms with van der Waals surface area (Å²) >= 11 is 0. The topological polar surface area (TPSA) is 61.4 Å². The van der Waals surface area contributed by atoms with Crippen LogP contribution in [0.5, 0.6) is 0 Å². The average Bonchev–Trinajstić information content (AvgIpc) is 3.44. The Morgan fingerprint density at radius 3 is 2.35 bits per heavy atom. The van der Waals surface area contributed by atoms with Crippen LogP contribution >= 0.6 is 0 Å². The summed E-state index contributed by atoms with van der Waals surface area (Å²) in [4.78, 5) is 29.6. The van der Waals surface area contributed by atoms with Gasteiger partial charge in [0, 0.05) is 23.5 Å². The summed E-state index contributed by atoms with van der Waals surface area (Å²) < 4.78 is 55.9. The molecule has 5 nitrogen and oxygen atoms in total. The van der Waals surface area contributed by atoms with Crippen molar-refractivity contribution in [2.75, 3.05) is 10.6 Å². The van der Waals surface area contributed by atoms with E-state index >= 15 is 4.39 Å². The number of hydrogen-bond acceptors (Lipinski definition) is 3. The van der Waals surface area contributed by atoms with E-state index in [1.54, 1.807) is 17.0 Å². The fourth-order valence-corrected chi connectivity index (χ4v) is 7.12. The van der Waals surface area contributed by atoms with Crippen molar-refractivity contribution in [2.24, 2.45) is 5.92 Å². The van der Waals surface area contributed by atoms with E-state index < -0.39 is 41.3 Å². The molecule has 0 aromatic heterocycles. The number of piperidine rings is 1. The maximum Gasteiger partial charge on any atom is 0.416 e. The number of anilines is 2. The molecule has 6 rings (SSSR count). The lowest BCUT2D eigenvalue weighted by Gasteiger charge is -2.45. The molecule has 2 aliphatic heterocycles.